The summed E-state index contributed by atoms with van der Waals surface area (Å²) in [5.74, 6) is 0.357. The van der Waals surface area contributed by atoms with Crippen LogP contribution in [0.1, 0.15) is 25.0 Å². The molecule has 0 aliphatic carbocycles. The highest BCUT2D eigenvalue weighted by Crippen LogP contribution is 2.23. The lowest BCUT2D eigenvalue weighted by molar-refractivity contribution is -0.120. The molecule has 0 aliphatic rings. The number of ether oxygens (including phenoxy) is 1. The van der Waals surface area contributed by atoms with Gasteiger partial charge >= 0.3 is 0 Å². The van der Waals surface area contributed by atoms with Crippen molar-refractivity contribution in [3.05, 3.63) is 53.6 Å². The zero-order valence-corrected chi connectivity index (χ0v) is 13.6. The predicted molar refractivity (Wildman–Crippen MR) is 91.4 cm³/mol. The Bertz CT molecular complexity index is 739. The fraction of sp³-hybridized carbons (Fsp3) is 0.222. The number of nitrogens with zero attached hydrogens (tertiary/aromatic N) is 1. The molecule has 0 fully saturated rings. The Morgan fingerprint density at radius 1 is 1.17 bits per heavy atom. The first-order valence-electron chi connectivity index (χ1n) is 7.56. The zero-order valence-electron chi connectivity index (χ0n) is 13.6. The lowest BCUT2D eigenvalue weighted by atomic mass is 10.1. The van der Waals surface area contributed by atoms with Crippen LogP contribution in [-0.4, -0.2) is 28.4 Å². The van der Waals surface area contributed by atoms with Gasteiger partial charge in [0, 0.05) is 11.6 Å². The Morgan fingerprint density at radius 2 is 1.88 bits per heavy atom. The third kappa shape index (κ3) is 4.74. The van der Waals surface area contributed by atoms with Gasteiger partial charge < -0.3 is 14.9 Å². The van der Waals surface area contributed by atoms with Crippen molar-refractivity contribution in [1.82, 2.24) is 5.43 Å². The van der Waals surface area contributed by atoms with Crippen LogP contribution in [0, 0.1) is 0 Å². The lowest BCUT2D eigenvalue weighted by Crippen LogP contribution is -2.21. The number of phenols is 2. The van der Waals surface area contributed by atoms with Crippen molar-refractivity contribution in [2.75, 3.05) is 6.61 Å². The van der Waals surface area contributed by atoms with Gasteiger partial charge in [-0.15, -0.1) is 0 Å². The van der Waals surface area contributed by atoms with Crippen molar-refractivity contribution >= 4 is 11.6 Å². The summed E-state index contributed by atoms with van der Waals surface area (Å²) in [6.45, 7) is 4.16. The van der Waals surface area contributed by atoms with Crippen LogP contribution in [0.15, 0.2) is 47.6 Å². The topological polar surface area (TPSA) is 91.2 Å². The molecule has 6 heteroatoms. The molecule has 0 saturated carbocycles. The van der Waals surface area contributed by atoms with Crippen molar-refractivity contribution in [2.24, 2.45) is 5.10 Å². The van der Waals surface area contributed by atoms with E-state index >= 15 is 0 Å². The minimum atomic E-state index is -0.267. The number of aromatic hydroxyl groups is 2. The van der Waals surface area contributed by atoms with E-state index in [-0.39, 0.29) is 23.8 Å². The maximum Gasteiger partial charge on any atom is 0.244 e. The number of carbonyl (C=O) groups is 1. The second-order valence-corrected chi connectivity index (χ2v) is 5.19. The van der Waals surface area contributed by atoms with Gasteiger partial charge in [-0.3, -0.25) is 4.79 Å². The number of rotatable bonds is 6. The Labute approximate surface area is 140 Å². The maximum absolute atomic E-state index is 11.9. The molecule has 0 bridgehead atoms. The van der Waals surface area contributed by atoms with Gasteiger partial charge in [0.25, 0.3) is 0 Å². The molecule has 0 spiro atoms. The first-order chi connectivity index (χ1) is 11.5. The normalized spacial score (nSPS) is 11.2. The van der Waals surface area contributed by atoms with Crippen LogP contribution >= 0.6 is 0 Å². The lowest BCUT2D eigenvalue weighted by Gasteiger charge is -2.06. The van der Waals surface area contributed by atoms with Gasteiger partial charge in [0.05, 0.1) is 18.7 Å². The van der Waals surface area contributed by atoms with E-state index in [4.69, 9.17) is 4.74 Å². The van der Waals surface area contributed by atoms with Crippen molar-refractivity contribution in [3.8, 4) is 17.2 Å². The molecule has 0 heterocycles. The molecule has 2 aromatic rings. The molecule has 0 aliphatic heterocycles. The molecular formula is C18H20N2O4. The standard InChI is InChI=1S/C18H20N2O4/c1-3-24-15-7-4-13(5-8-15)10-18(23)20-19-12(2)16-9-6-14(21)11-17(16)22/h4-9,11,21-22H,3,10H2,1-2H3,(H,20,23)/b19-12-. The van der Waals surface area contributed by atoms with Crippen LogP contribution in [-0.2, 0) is 11.2 Å². The summed E-state index contributed by atoms with van der Waals surface area (Å²) in [5, 5.41) is 23.0. The van der Waals surface area contributed by atoms with Crippen molar-refractivity contribution in [2.45, 2.75) is 20.3 Å². The SMILES string of the molecule is CCOc1ccc(CC(=O)N/N=C(/C)c2ccc(O)cc2O)cc1. The third-order valence-corrected chi connectivity index (χ3v) is 3.32. The number of carbonyl (C=O) groups excluding carboxylic acids is 1. The molecule has 24 heavy (non-hydrogen) atoms. The van der Waals surface area contributed by atoms with Gasteiger partial charge in [0.1, 0.15) is 17.2 Å². The average Bonchev–Trinajstić information content (AvgIpc) is 2.55. The smallest absolute Gasteiger partial charge is 0.244 e. The number of nitrogens with one attached hydrogen (secondary N) is 1. The van der Waals surface area contributed by atoms with Crippen LogP contribution in [0.4, 0.5) is 0 Å². The Kier molecular flexibility index (Phi) is 5.78. The molecular weight excluding hydrogens is 308 g/mol. The van der Waals surface area contributed by atoms with E-state index in [1.165, 1.54) is 18.2 Å². The summed E-state index contributed by atoms with van der Waals surface area (Å²) in [7, 11) is 0. The van der Waals surface area contributed by atoms with Crippen LogP contribution in [0.5, 0.6) is 17.2 Å². The van der Waals surface area contributed by atoms with E-state index in [1.54, 1.807) is 6.92 Å². The van der Waals surface area contributed by atoms with Gasteiger partial charge in [-0.25, -0.2) is 5.43 Å². The average molecular weight is 328 g/mol. The minimum absolute atomic E-state index is 0.0383. The molecule has 126 valence electrons. The van der Waals surface area contributed by atoms with E-state index in [9.17, 15) is 15.0 Å². The molecule has 0 unspecified atom stereocenters. The molecule has 0 atom stereocenters. The first-order valence-corrected chi connectivity index (χ1v) is 7.56. The number of benzene rings is 2. The van der Waals surface area contributed by atoms with Crippen LogP contribution in [0.2, 0.25) is 0 Å². The second kappa shape index (κ2) is 8.01. The van der Waals surface area contributed by atoms with Crippen LogP contribution in [0.25, 0.3) is 0 Å². The fourth-order valence-electron chi connectivity index (χ4n) is 2.13. The molecule has 6 nitrogen and oxygen atoms in total. The number of hydrogen-bond acceptors (Lipinski definition) is 5. The first kappa shape index (κ1) is 17.3. The summed E-state index contributed by atoms with van der Waals surface area (Å²) in [6.07, 6.45) is 0.185. The van der Waals surface area contributed by atoms with Gasteiger partial charge in [-0.2, -0.15) is 5.10 Å². The largest absolute Gasteiger partial charge is 0.508 e. The van der Waals surface area contributed by atoms with Crippen molar-refractivity contribution in [3.63, 3.8) is 0 Å². The molecule has 0 radical (unpaired) electrons. The summed E-state index contributed by atoms with van der Waals surface area (Å²) in [6, 6.07) is 11.5. The molecule has 0 saturated heterocycles. The van der Waals surface area contributed by atoms with E-state index < -0.39 is 0 Å². The van der Waals surface area contributed by atoms with Crippen molar-refractivity contribution in [1.29, 1.82) is 0 Å². The molecule has 3 N–H and O–H groups in total. The van der Waals surface area contributed by atoms with Gasteiger partial charge in [-0.05, 0) is 43.7 Å². The Balaban J connectivity index is 1.96. The molecule has 2 aromatic carbocycles. The third-order valence-electron chi connectivity index (χ3n) is 3.32. The predicted octanol–water partition coefficient (Wildman–Crippen LogP) is 2.58. The van der Waals surface area contributed by atoms with Crippen LogP contribution in [0.3, 0.4) is 0 Å². The highest BCUT2D eigenvalue weighted by Gasteiger charge is 2.07. The molecule has 1 amide bonds. The summed E-state index contributed by atoms with van der Waals surface area (Å²) in [5.41, 5.74) is 4.18. The minimum Gasteiger partial charge on any atom is -0.508 e. The summed E-state index contributed by atoms with van der Waals surface area (Å²) < 4.78 is 5.35. The van der Waals surface area contributed by atoms with Gasteiger partial charge in [0.15, 0.2) is 0 Å². The Morgan fingerprint density at radius 3 is 2.50 bits per heavy atom. The summed E-state index contributed by atoms with van der Waals surface area (Å²) in [4.78, 5) is 11.9. The van der Waals surface area contributed by atoms with Crippen LogP contribution < -0.4 is 10.2 Å². The number of hydrazone groups is 1. The van der Waals surface area contributed by atoms with E-state index in [0.717, 1.165) is 11.3 Å². The Hall–Kier alpha value is -3.02. The van der Waals surface area contributed by atoms with E-state index in [1.807, 2.05) is 31.2 Å². The van der Waals surface area contributed by atoms with Gasteiger partial charge in [-0.1, -0.05) is 12.1 Å². The highest BCUT2D eigenvalue weighted by molar-refractivity contribution is 6.01. The second-order valence-electron chi connectivity index (χ2n) is 5.19. The number of amides is 1. The number of hydrogen-bond donors (Lipinski definition) is 3. The van der Waals surface area contributed by atoms with Crippen molar-refractivity contribution < 1.29 is 19.7 Å². The maximum atomic E-state index is 11.9. The molecule has 0 aromatic heterocycles. The fourth-order valence-corrected chi connectivity index (χ4v) is 2.13. The van der Waals surface area contributed by atoms with Gasteiger partial charge in [0.2, 0.25) is 5.91 Å². The van der Waals surface area contributed by atoms with E-state index in [2.05, 4.69) is 10.5 Å². The number of phenolic OH excluding ortho intramolecular Hbond substituents is 2. The monoisotopic (exact) mass is 328 g/mol. The zero-order chi connectivity index (χ0) is 17.5. The summed E-state index contributed by atoms with van der Waals surface area (Å²) >= 11 is 0. The highest BCUT2D eigenvalue weighted by atomic mass is 16.5. The quantitative estimate of drug-likeness (QED) is 0.561. The van der Waals surface area contributed by atoms with E-state index in [0.29, 0.717) is 17.9 Å². The molecule has 2 rings (SSSR count).